The first-order valence-electron chi connectivity index (χ1n) is 10.4. The van der Waals surface area contributed by atoms with Crippen molar-refractivity contribution in [3.05, 3.63) is 65.7 Å². The highest BCUT2D eigenvalue weighted by atomic mass is 35.5. The number of benzene rings is 1. The molecule has 160 valence electrons. The molecule has 1 saturated heterocycles. The van der Waals surface area contributed by atoms with Crippen LogP contribution in [0.1, 0.15) is 5.69 Å². The minimum absolute atomic E-state index is 0.628. The molecular formula is C23H24ClN5O2. The Morgan fingerprint density at radius 1 is 1.13 bits per heavy atom. The van der Waals surface area contributed by atoms with E-state index in [1.54, 1.807) is 12.4 Å². The van der Waals surface area contributed by atoms with Gasteiger partial charge in [-0.1, -0.05) is 11.6 Å². The maximum absolute atomic E-state index is 6.39. The van der Waals surface area contributed by atoms with Crippen LogP contribution in [-0.2, 0) is 11.2 Å². The van der Waals surface area contributed by atoms with Crippen LogP contribution in [0.15, 0.2) is 60.0 Å². The molecule has 5 rings (SSSR count). The number of imidazole rings is 1. The lowest BCUT2D eigenvalue weighted by molar-refractivity contribution is 0.0322. The molecule has 31 heavy (non-hydrogen) atoms. The standard InChI is InChI=1S/C23H24ClN5O2/c24-18-14-21-23(29(16-18)19-2-1-7-25-15-19)27-22(26-21)17-3-5-20(6-4-17)31-13-10-28-8-11-30-12-9-28/h1-7,15-16H,8-14H2,(H,26,27). The molecule has 3 aromatic rings. The van der Waals surface area contributed by atoms with Crippen LogP contribution in [0.5, 0.6) is 5.75 Å². The molecule has 2 aliphatic heterocycles. The van der Waals surface area contributed by atoms with Gasteiger partial charge in [0.05, 0.1) is 30.8 Å². The Morgan fingerprint density at radius 2 is 1.97 bits per heavy atom. The lowest BCUT2D eigenvalue weighted by Crippen LogP contribution is -2.38. The molecule has 0 saturated carbocycles. The highest BCUT2D eigenvalue weighted by Gasteiger charge is 2.23. The van der Waals surface area contributed by atoms with Gasteiger partial charge in [0.1, 0.15) is 18.2 Å². The van der Waals surface area contributed by atoms with Gasteiger partial charge >= 0.3 is 0 Å². The van der Waals surface area contributed by atoms with Crippen molar-refractivity contribution in [2.24, 2.45) is 0 Å². The first-order valence-corrected chi connectivity index (χ1v) is 10.8. The molecule has 1 N–H and O–H groups in total. The SMILES string of the molecule is ClC1=CN(c2cccnc2)c2nc(-c3ccc(OCCN4CCOCC4)cc3)[nH]c2C1. The Bertz CT molecular complexity index is 1050. The summed E-state index contributed by atoms with van der Waals surface area (Å²) in [6.07, 6.45) is 6.08. The Hall–Kier alpha value is -2.87. The number of ether oxygens (including phenoxy) is 2. The van der Waals surface area contributed by atoms with Gasteiger partial charge in [0.25, 0.3) is 0 Å². The minimum Gasteiger partial charge on any atom is -0.492 e. The van der Waals surface area contributed by atoms with Crippen molar-refractivity contribution in [2.75, 3.05) is 44.4 Å². The quantitative estimate of drug-likeness (QED) is 0.629. The summed E-state index contributed by atoms with van der Waals surface area (Å²) in [7, 11) is 0. The third-order valence-corrected chi connectivity index (χ3v) is 5.66. The smallest absolute Gasteiger partial charge is 0.159 e. The number of anilines is 2. The summed E-state index contributed by atoms with van der Waals surface area (Å²) >= 11 is 6.39. The first-order chi connectivity index (χ1) is 15.3. The van der Waals surface area contributed by atoms with Gasteiger partial charge in [-0.2, -0.15) is 0 Å². The second kappa shape index (κ2) is 9.09. The molecule has 0 amide bonds. The lowest BCUT2D eigenvalue weighted by atomic mass is 10.2. The summed E-state index contributed by atoms with van der Waals surface area (Å²) < 4.78 is 11.3. The number of pyridine rings is 1. The number of H-pyrrole nitrogens is 1. The van der Waals surface area contributed by atoms with E-state index in [9.17, 15) is 0 Å². The third-order valence-electron chi connectivity index (χ3n) is 5.43. The molecular weight excluding hydrogens is 414 g/mol. The van der Waals surface area contributed by atoms with Gasteiger partial charge in [0.15, 0.2) is 5.82 Å². The largest absolute Gasteiger partial charge is 0.492 e. The monoisotopic (exact) mass is 437 g/mol. The number of hydrogen-bond acceptors (Lipinski definition) is 6. The van der Waals surface area contributed by atoms with Gasteiger partial charge in [0, 0.05) is 49.0 Å². The van der Waals surface area contributed by atoms with Crippen LogP contribution in [0.25, 0.3) is 11.4 Å². The molecule has 4 heterocycles. The zero-order chi connectivity index (χ0) is 21.0. The summed E-state index contributed by atoms with van der Waals surface area (Å²) in [5.74, 6) is 2.51. The van der Waals surface area contributed by atoms with E-state index in [1.807, 2.05) is 47.5 Å². The van der Waals surface area contributed by atoms with Crippen LogP contribution in [0.2, 0.25) is 0 Å². The minimum atomic E-state index is 0.628. The fraction of sp³-hybridized carbons (Fsp3) is 0.304. The number of aromatic nitrogens is 3. The maximum Gasteiger partial charge on any atom is 0.159 e. The summed E-state index contributed by atoms with van der Waals surface area (Å²) in [5, 5.41) is 0.746. The number of fused-ring (bicyclic) bond motifs is 1. The molecule has 8 heteroatoms. The summed E-state index contributed by atoms with van der Waals surface area (Å²) in [4.78, 5) is 16.8. The second-order valence-electron chi connectivity index (χ2n) is 7.55. The highest BCUT2D eigenvalue weighted by Crippen LogP contribution is 2.36. The van der Waals surface area contributed by atoms with E-state index < -0.39 is 0 Å². The zero-order valence-corrected chi connectivity index (χ0v) is 17.9. The van der Waals surface area contributed by atoms with Crippen molar-refractivity contribution in [1.29, 1.82) is 0 Å². The predicted octanol–water partition coefficient (Wildman–Crippen LogP) is 3.96. The van der Waals surface area contributed by atoms with Crippen molar-refractivity contribution < 1.29 is 9.47 Å². The van der Waals surface area contributed by atoms with Crippen LogP contribution in [0.3, 0.4) is 0 Å². The Balaban J connectivity index is 1.28. The van der Waals surface area contributed by atoms with E-state index in [4.69, 9.17) is 26.1 Å². The van der Waals surface area contributed by atoms with E-state index >= 15 is 0 Å². The topological polar surface area (TPSA) is 66.5 Å². The van der Waals surface area contributed by atoms with Crippen LogP contribution in [0.4, 0.5) is 11.5 Å². The van der Waals surface area contributed by atoms with Crippen LogP contribution >= 0.6 is 11.6 Å². The summed E-state index contributed by atoms with van der Waals surface area (Å²) in [6, 6.07) is 11.9. The van der Waals surface area contributed by atoms with Crippen molar-refractivity contribution in [2.45, 2.75) is 6.42 Å². The molecule has 0 aliphatic carbocycles. The van der Waals surface area contributed by atoms with Crippen LogP contribution < -0.4 is 9.64 Å². The van der Waals surface area contributed by atoms with E-state index in [2.05, 4.69) is 14.9 Å². The molecule has 1 aromatic carbocycles. The van der Waals surface area contributed by atoms with Crippen molar-refractivity contribution in [3.8, 4) is 17.1 Å². The number of nitrogens with zero attached hydrogens (tertiary/aromatic N) is 4. The van der Waals surface area contributed by atoms with Gasteiger partial charge in [-0.15, -0.1) is 0 Å². The Kier molecular flexibility index (Phi) is 5.88. The number of morpholine rings is 1. The molecule has 0 atom stereocenters. The molecule has 0 radical (unpaired) electrons. The van der Waals surface area contributed by atoms with Crippen LogP contribution in [-0.4, -0.2) is 59.3 Å². The Morgan fingerprint density at radius 3 is 2.74 bits per heavy atom. The number of rotatable bonds is 6. The van der Waals surface area contributed by atoms with E-state index in [0.717, 1.165) is 72.2 Å². The number of halogens is 1. The number of nitrogens with one attached hydrogen (secondary N) is 1. The van der Waals surface area contributed by atoms with E-state index in [1.165, 1.54) is 0 Å². The van der Waals surface area contributed by atoms with Crippen molar-refractivity contribution in [3.63, 3.8) is 0 Å². The molecule has 2 aliphatic rings. The molecule has 0 unspecified atom stereocenters. The third kappa shape index (κ3) is 4.58. The molecule has 0 bridgehead atoms. The second-order valence-corrected chi connectivity index (χ2v) is 8.03. The van der Waals surface area contributed by atoms with Gasteiger partial charge in [-0.25, -0.2) is 4.98 Å². The molecule has 0 spiro atoms. The average molecular weight is 438 g/mol. The number of allylic oxidation sites excluding steroid dienone is 1. The van der Waals surface area contributed by atoms with Crippen LogP contribution in [0, 0.1) is 0 Å². The van der Waals surface area contributed by atoms with E-state index in [-0.39, 0.29) is 0 Å². The van der Waals surface area contributed by atoms with Crippen molar-refractivity contribution in [1.82, 2.24) is 19.9 Å². The average Bonchev–Trinajstić information content (AvgIpc) is 3.24. The Labute approximate surface area is 186 Å². The summed E-state index contributed by atoms with van der Waals surface area (Å²) in [6.45, 7) is 5.13. The zero-order valence-electron chi connectivity index (χ0n) is 17.1. The molecule has 2 aromatic heterocycles. The fourth-order valence-electron chi connectivity index (χ4n) is 3.79. The van der Waals surface area contributed by atoms with Gasteiger partial charge in [0.2, 0.25) is 0 Å². The number of aromatic amines is 1. The number of hydrogen-bond donors (Lipinski definition) is 1. The summed E-state index contributed by atoms with van der Waals surface area (Å²) in [5.41, 5.74) is 2.90. The van der Waals surface area contributed by atoms with Gasteiger partial charge in [-0.05, 0) is 36.4 Å². The molecule has 7 nitrogen and oxygen atoms in total. The normalized spacial score (nSPS) is 16.7. The maximum atomic E-state index is 6.39. The van der Waals surface area contributed by atoms with E-state index in [0.29, 0.717) is 13.0 Å². The fourth-order valence-corrected chi connectivity index (χ4v) is 4.03. The van der Waals surface area contributed by atoms with Gasteiger partial charge in [-0.3, -0.25) is 14.8 Å². The highest BCUT2D eigenvalue weighted by molar-refractivity contribution is 6.30. The predicted molar refractivity (Wildman–Crippen MR) is 121 cm³/mol. The van der Waals surface area contributed by atoms with Crippen molar-refractivity contribution >= 4 is 23.1 Å². The first kappa shape index (κ1) is 20.1. The molecule has 1 fully saturated rings. The van der Waals surface area contributed by atoms with Gasteiger partial charge < -0.3 is 14.5 Å². The lowest BCUT2D eigenvalue weighted by Gasteiger charge is -2.26.